The van der Waals surface area contributed by atoms with Gasteiger partial charge in [-0.3, -0.25) is 0 Å². The van der Waals surface area contributed by atoms with Crippen molar-refractivity contribution in [3.63, 3.8) is 0 Å². The summed E-state index contributed by atoms with van der Waals surface area (Å²) in [4.78, 5) is 0. The van der Waals surface area contributed by atoms with Gasteiger partial charge < -0.3 is 30.2 Å². The van der Waals surface area contributed by atoms with Crippen molar-refractivity contribution in [3.8, 4) is 28.7 Å². The third-order valence-electron chi connectivity index (χ3n) is 10.3. The Hall–Kier alpha value is -2.32. The third kappa shape index (κ3) is 19.5. The van der Waals surface area contributed by atoms with E-state index in [1.165, 1.54) is 29.2 Å². The number of aryl methyl sites for hydroxylation is 1. The van der Waals surface area contributed by atoms with Gasteiger partial charge in [-0.25, -0.2) is 0 Å². The molecule has 2 aromatic carbocycles. The Kier molecular flexibility index (Phi) is 20.8. The SMILES string of the molecule is [2H]C([2H])([2H])C1=C[C@@H](c2c(O)cc(CCCCC)cc2O)[C@H](C(=C)C)CC1.[2H]C([2H])([2H])C1=C[C@@H](c2c(O[Si](C)(C)C)cc(OS(=O)(=O)C(F)(F)F)cc2O[Si](C)(C)C)[C@H](C(=C)C)CC1.[CH2-]CCCC.[Zn+][Br]. The van der Waals surface area contributed by atoms with Crippen molar-refractivity contribution in [1.29, 1.82) is 0 Å². The summed E-state index contributed by atoms with van der Waals surface area (Å²) in [6, 6.07) is 5.64. The second kappa shape index (κ2) is 26.9. The molecule has 0 fully saturated rings. The standard InChI is InChI=1S/C23H35F3O5SSi2.C21H30O2.C5H11.BrH.Zn/c1-15(2)18-11-10-16(3)12-19(18)22-20(30-33(4,5)6)13-17(14-21(22)31-34(7,8)9)29-32(27,28)23(24,25)26;1-5-6-7-8-16-12-19(22)21(20(23)13-16)18-11-15(4)9-10-17(18)14(2)3;1-3-5-4-2;;/h12-14,18-19H,1,10-11H2,2-9H3;11-13,17-18,22-23H,2,5-10H2,1,3-4H3;1,3-5H2,2H3;1H;/q;;-1;;+2/p-1/t18-,19+;17-,18+;;;/m00.../s1/i3D3;4D3;;;. The van der Waals surface area contributed by atoms with Gasteiger partial charge in [0.2, 0.25) is 16.6 Å². The van der Waals surface area contributed by atoms with Crippen molar-refractivity contribution >= 4 is 40.4 Å². The Morgan fingerprint density at radius 2 is 1.23 bits per heavy atom. The van der Waals surface area contributed by atoms with Gasteiger partial charge in [-0.15, -0.1) is 0 Å². The van der Waals surface area contributed by atoms with Crippen molar-refractivity contribution in [2.24, 2.45) is 11.8 Å². The minimum atomic E-state index is -5.95. The fourth-order valence-electron chi connectivity index (χ4n) is 7.44. The fraction of sp³-hybridized carbons (Fsp3) is 0.571. The second-order valence-corrected chi connectivity index (χ2v) is 28.8. The molecule has 0 aliphatic heterocycles. The molecule has 64 heavy (non-hydrogen) atoms. The Morgan fingerprint density at radius 1 is 0.812 bits per heavy atom. The molecule has 0 saturated carbocycles. The van der Waals surface area contributed by atoms with E-state index in [-0.39, 0.29) is 46.3 Å². The topological polar surface area (TPSA) is 102 Å². The molecule has 0 unspecified atom stereocenters. The number of halogens is 4. The van der Waals surface area contributed by atoms with Crippen LogP contribution in [0.15, 0.2) is 71.9 Å². The maximum absolute atomic E-state index is 13.1. The fourth-order valence-corrected chi connectivity index (χ4v) is 9.54. The van der Waals surface area contributed by atoms with Gasteiger partial charge in [0.25, 0.3) is 0 Å². The van der Waals surface area contributed by atoms with Gasteiger partial charge in [0, 0.05) is 43.3 Å². The summed E-state index contributed by atoms with van der Waals surface area (Å²) in [7, 11) is -10.8. The van der Waals surface area contributed by atoms with Crippen molar-refractivity contribution in [3.05, 3.63) is 95.5 Å². The van der Waals surface area contributed by atoms with E-state index in [1.54, 1.807) is 24.3 Å². The van der Waals surface area contributed by atoms with E-state index >= 15 is 0 Å². The molecule has 2 aliphatic carbocycles. The molecule has 4 atom stereocenters. The summed E-state index contributed by atoms with van der Waals surface area (Å²) in [6.45, 7) is 26.5. The van der Waals surface area contributed by atoms with Crippen LogP contribution in [0.3, 0.4) is 0 Å². The maximum atomic E-state index is 13.1. The Bertz CT molecular complexity index is 2160. The first-order chi connectivity index (χ1) is 32.0. The summed E-state index contributed by atoms with van der Waals surface area (Å²) in [5.41, 5.74) is -1.49. The van der Waals surface area contributed by atoms with E-state index in [0.29, 0.717) is 42.4 Å². The molecule has 0 saturated heterocycles. The van der Waals surface area contributed by atoms with Crippen LogP contribution in [0.5, 0.6) is 28.7 Å². The number of aromatic hydroxyl groups is 2. The average molecular weight is 1070 g/mol. The molecule has 7 nitrogen and oxygen atoms in total. The van der Waals surface area contributed by atoms with E-state index < -0.39 is 57.6 Å². The number of alkyl halides is 3. The molecule has 0 spiro atoms. The van der Waals surface area contributed by atoms with Crippen molar-refractivity contribution in [2.75, 3.05) is 0 Å². The molecular formula is C49H76BrF3O7SSi2Zn. The van der Waals surface area contributed by atoms with Crippen LogP contribution in [0.1, 0.15) is 142 Å². The van der Waals surface area contributed by atoms with Crippen LogP contribution >= 0.6 is 13.6 Å². The first kappa shape index (κ1) is 49.6. The molecule has 4 rings (SSSR count). The van der Waals surface area contributed by atoms with Crippen LogP contribution in [0.25, 0.3) is 0 Å². The normalized spacial score (nSPS) is 20.7. The van der Waals surface area contributed by atoms with E-state index in [0.717, 1.165) is 60.9 Å². The number of allylic oxidation sites excluding steroid dienone is 6. The average Bonchev–Trinajstić information content (AvgIpc) is 3.19. The van der Waals surface area contributed by atoms with Crippen LogP contribution in [-0.2, 0) is 32.9 Å². The van der Waals surface area contributed by atoms with Crippen molar-refractivity contribution < 1.29 is 69.4 Å². The molecular weight excluding hydrogens is 991 g/mol. The number of rotatable bonds is 16. The Balaban J connectivity index is 0.000000644. The predicted octanol–water partition coefficient (Wildman–Crippen LogP) is 16.1. The first-order valence-corrected chi connectivity index (χ1v) is 37.1. The van der Waals surface area contributed by atoms with Gasteiger partial charge in [0.15, 0.2) is 0 Å². The molecule has 2 aromatic rings. The van der Waals surface area contributed by atoms with E-state index in [2.05, 4.69) is 51.7 Å². The van der Waals surface area contributed by atoms with Crippen molar-refractivity contribution in [2.45, 2.75) is 169 Å². The molecule has 2 aliphatic rings. The van der Waals surface area contributed by atoms with E-state index in [9.17, 15) is 31.8 Å². The Morgan fingerprint density at radius 3 is 1.56 bits per heavy atom. The number of phenolic OH excluding ortho intramolecular Hbond substituents is 2. The number of hydrogen-bond acceptors (Lipinski definition) is 7. The zero-order chi connectivity index (χ0) is 54.4. The quantitative estimate of drug-likeness (QED) is 0.0431. The van der Waals surface area contributed by atoms with Crippen LogP contribution in [-0.4, -0.2) is 40.8 Å². The number of benzene rings is 2. The summed E-state index contributed by atoms with van der Waals surface area (Å²) < 4.78 is 127. The van der Waals surface area contributed by atoms with Gasteiger partial charge in [0.05, 0.1) is 0 Å². The van der Waals surface area contributed by atoms with E-state index in [4.69, 9.17) is 17.1 Å². The van der Waals surface area contributed by atoms with Gasteiger partial charge in [-0.1, -0.05) is 87.1 Å². The molecule has 0 aromatic heterocycles. The van der Waals surface area contributed by atoms with Gasteiger partial charge in [-0.05, 0) is 135 Å². The minimum absolute atomic E-state index is 0.00356. The molecule has 358 valence electrons. The predicted molar refractivity (Wildman–Crippen MR) is 265 cm³/mol. The molecule has 0 heterocycles. The number of hydrogen-bond donors (Lipinski definition) is 2. The summed E-state index contributed by atoms with van der Waals surface area (Å²) >= 11 is 4.25. The molecule has 0 radical (unpaired) electrons. The molecule has 0 amide bonds. The third-order valence-corrected chi connectivity index (χ3v) is 12.9. The van der Waals surface area contributed by atoms with Gasteiger partial charge >= 0.3 is 45.6 Å². The van der Waals surface area contributed by atoms with E-state index in [1.807, 2.05) is 53.1 Å². The summed E-state index contributed by atoms with van der Waals surface area (Å²) in [5.74, 6) is -1.48. The van der Waals surface area contributed by atoms with Crippen LogP contribution in [0, 0.1) is 18.8 Å². The monoisotopic (exact) mass is 1070 g/mol. The van der Waals surface area contributed by atoms with Crippen LogP contribution in [0.2, 0.25) is 39.3 Å². The van der Waals surface area contributed by atoms with Crippen LogP contribution < -0.4 is 13.0 Å². The summed E-state index contributed by atoms with van der Waals surface area (Å²) in [6.07, 6.45) is 13.0. The zero-order valence-corrected chi connectivity index (χ0v) is 47.1. The molecule has 15 heteroatoms. The number of unbranched alkanes of at least 4 members (excludes halogenated alkanes) is 4. The number of phenols is 2. The zero-order valence-electron chi connectivity index (χ0n) is 45.7. The second-order valence-electron chi connectivity index (χ2n) is 18.4. The van der Waals surface area contributed by atoms with Crippen molar-refractivity contribution in [1.82, 2.24) is 0 Å². The molecule has 0 bridgehead atoms. The van der Waals surface area contributed by atoms with Gasteiger partial charge in [-0.2, -0.15) is 28.0 Å². The first-order valence-electron chi connectivity index (χ1n) is 24.9. The summed E-state index contributed by atoms with van der Waals surface area (Å²) in [5, 5.41) is 21.2. The van der Waals surface area contributed by atoms with Gasteiger partial charge in [0.1, 0.15) is 28.7 Å². The van der Waals surface area contributed by atoms with Crippen LogP contribution in [0.4, 0.5) is 13.2 Å². The Labute approximate surface area is 412 Å². The molecule has 2 N–H and O–H groups in total.